The number of rotatable bonds is 2. The van der Waals surface area contributed by atoms with E-state index >= 15 is 0 Å². The molecule has 0 radical (unpaired) electrons. The molecule has 15 heavy (non-hydrogen) atoms. The maximum absolute atomic E-state index is 5.39. The maximum Gasteiger partial charge on any atom is 0.0660 e. The lowest BCUT2D eigenvalue weighted by molar-refractivity contribution is 0.167. The normalized spacial score (nSPS) is 27.7. The van der Waals surface area contributed by atoms with Crippen LogP contribution in [0.3, 0.4) is 0 Å². The Bertz CT molecular complexity index is 235. The molecule has 0 aromatic heterocycles. The van der Waals surface area contributed by atoms with Gasteiger partial charge in [-0.25, -0.2) is 0 Å². The SMILES string of the molecule is C#CC(C)NC1CCC2(CCCC2)CC1. The molecule has 1 nitrogen and oxygen atoms in total. The van der Waals surface area contributed by atoms with Crippen LogP contribution in [0.25, 0.3) is 0 Å². The Hall–Kier alpha value is -0.480. The fourth-order valence-corrected chi connectivity index (χ4v) is 3.42. The molecule has 0 heterocycles. The van der Waals surface area contributed by atoms with Crippen LogP contribution in [0.2, 0.25) is 0 Å². The first kappa shape index (κ1) is 11.0. The molecular weight excluding hydrogens is 182 g/mol. The fraction of sp³-hybridized carbons (Fsp3) is 0.857. The third-order valence-corrected chi connectivity index (χ3v) is 4.45. The summed E-state index contributed by atoms with van der Waals surface area (Å²) in [6, 6.07) is 0.926. The van der Waals surface area contributed by atoms with Crippen LogP contribution >= 0.6 is 0 Å². The molecule has 1 heteroatoms. The first-order valence-corrected chi connectivity index (χ1v) is 6.46. The van der Waals surface area contributed by atoms with E-state index in [-0.39, 0.29) is 6.04 Å². The molecule has 0 aromatic rings. The molecule has 1 unspecified atom stereocenters. The quantitative estimate of drug-likeness (QED) is 0.683. The first-order valence-electron chi connectivity index (χ1n) is 6.46. The second-order valence-corrected chi connectivity index (χ2v) is 5.54. The zero-order chi connectivity index (χ0) is 10.7. The van der Waals surface area contributed by atoms with Gasteiger partial charge in [0.05, 0.1) is 6.04 Å². The highest BCUT2D eigenvalue weighted by Gasteiger charge is 2.37. The molecule has 0 amide bonds. The van der Waals surface area contributed by atoms with Gasteiger partial charge >= 0.3 is 0 Å². The van der Waals surface area contributed by atoms with Gasteiger partial charge in [0.25, 0.3) is 0 Å². The number of hydrogen-bond donors (Lipinski definition) is 1. The molecule has 0 aliphatic heterocycles. The van der Waals surface area contributed by atoms with E-state index in [2.05, 4.69) is 18.2 Å². The highest BCUT2D eigenvalue weighted by Crippen LogP contribution is 2.48. The molecule has 2 saturated carbocycles. The van der Waals surface area contributed by atoms with Crippen molar-refractivity contribution in [1.29, 1.82) is 0 Å². The smallest absolute Gasteiger partial charge is 0.0660 e. The summed E-state index contributed by atoms with van der Waals surface area (Å²) < 4.78 is 0. The summed E-state index contributed by atoms with van der Waals surface area (Å²) in [6.07, 6.45) is 16.9. The van der Waals surface area contributed by atoms with Crippen molar-refractivity contribution in [3.05, 3.63) is 0 Å². The van der Waals surface area contributed by atoms with Crippen molar-refractivity contribution < 1.29 is 0 Å². The summed E-state index contributed by atoms with van der Waals surface area (Å²) in [5.41, 5.74) is 0.748. The van der Waals surface area contributed by atoms with Gasteiger partial charge in [0.2, 0.25) is 0 Å². The molecule has 1 atom stereocenters. The van der Waals surface area contributed by atoms with Crippen LogP contribution in [0.5, 0.6) is 0 Å². The molecule has 0 aromatic carbocycles. The van der Waals surface area contributed by atoms with Crippen molar-refractivity contribution in [3.8, 4) is 12.3 Å². The molecule has 84 valence electrons. The molecule has 2 fully saturated rings. The Kier molecular flexibility index (Phi) is 3.36. The molecular formula is C14H23N. The highest BCUT2D eigenvalue weighted by molar-refractivity contribution is 4.99. The van der Waals surface area contributed by atoms with E-state index in [0.717, 1.165) is 5.41 Å². The third kappa shape index (κ3) is 2.55. The summed E-state index contributed by atoms with van der Waals surface area (Å²) >= 11 is 0. The van der Waals surface area contributed by atoms with Crippen LogP contribution in [-0.2, 0) is 0 Å². The summed E-state index contributed by atoms with van der Waals surface area (Å²) in [7, 11) is 0. The van der Waals surface area contributed by atoms with Crippen LogP contribution < -0.4 is 5.32 Å². The van der Waals surface area contributed by atoms with Crippen molar-refractivity contribution >= 4 is 0 Å². The van der Waals surface area contributed by atoms with Crippen LogP contribution in [0.4, 0.5) is 0 Å². The number of hydrogen-bond acceptors (Lipinski definition) is 1. The minimum Gasteiger partial charge on any atom is -0.301 e. The van der Waals surface area contributed by atoms with Crippen molar-refractivity contribution in [1.82, 2.24) is 5.32 Å². The van der Waals surface area contributed by atoms with Gasteiger partial charge in [0, 0.05) is 6.04 Å². The van der Waals surface area contributed by atoms with Crippen LogP contribution in [-0.4, -0.2) is 12.1 Å². The van der Waals surface area contributed by atoms with Gasteiger partial charge in [-0.1, -0.05) is 18.8 Å². The summed E-state index contributed by atoms with van der Waals surface area (Å²) in [5, 5.41) is 3.54. The van der Waals surface area contributed by atoms with Crippen LogP contribution in [0.15, 0.2) is 0 Å². The lowest BCUT2D eigenvalue weighted by Gasteiger charge is -2.38. The predicted molar refractivity (Wildman–Crippen MR) is 64.6 cm³/mol. The van der Waals surface area contributed by atoms with E-state index in [1.807, 2.05) is 0 Å². The van der Waals surface area contributed by atoms with Crippen LogP contribution in [0, 0.1) is 17.8 Å². The van der Waals surface area contributed by atoms with Crippen molar-refractivity contribution in [2.24, 2.45) is 5.41 Å². The van der Waals surface area contributed by atoms with E-state index in [4.69, 9.17) is 6.42 Å². The minimum atomic E-state index is 0.243. The minimum absolute atomic E-state index is 0.243. The Labute approximate surface area is 94.0 Å². The largest absolute Gasteiger partial charge is 0.301 e. The molecule has 2 aliphatic rings. The van der Waals surface area contributed by atoms with Crippen molar-refractivity contribution in [2.75, 3.05) is 0 Å². The highest BCUT2D eigenvalue weighted by atomic mass is 14.9. The van der Waals surface area contributed by atoms with Crippen molar-refractivity contribution in [3.63, 3.8) is 0 Å². The molecule has 1 spiro atoms. The molecule has 2 rings (SSSR count). The van der Waals surface area contributed by atoms with E-state index in [9.17, 15) is 0 Å². The first-order chi connectivity index (χ1) is 7.24. The van der Waals surface area contributed by atoms with Crippen molar-refractivity contribution in [2.45, 2.75) is 70.4 Å². The monoisotopic (exact) mass is 205 g/mol. The van der Waals surface area contributed by atoms with E-state index < -0.39 is 0 Å². The Morgan fingerprint density at radius 2 is 1.80 bits per heavy atom. The lowest BCUT2D eigenvalue weighted by Crippen LogP contribution is -2.40. The standard InChI is InChI=1S/C14H23N/c1-3-12(2)15-13-6-10-14(11-7-13)8-4-5-9-14/h1,12-13,15H,4-11H2,2H3. The zero-order valence-corrected chi connectivity index (χ0v) is 9.89. The Morgan fingerprint density at radius 3 is 2.33 bits per heavy atom. The number of nitrogens with one attached hydrogen (secondary N) is 1. The number of terminal acetylenes is 1. The Morgan fingerprint density at radius 1 is 1.20 bits per heavy atom. The van der Waals surface area contributed by atoms with Crippen LogP contribution in [0.1, 0.15) is 58.3 Å². The summed E-state index contributed by atoms with van der Waals surface area (Å²) in [4.78, 5) is 0. The average molecular weight is 205 g/mol. The van der Waals surface area contributed by atoms with Gasteiger partial charge in [-0.3, -0.25) is 0 Å². The predicted octanol–water partition coefficient (Wildman–Crippen LogP) is 3.10. The fourth-order valence-electron chi connectivity index (χ4n) is 3.42. The lowest BCUT2D eigenvalue weighted by atomic mass is 9.71. The van der Waals surface area contributed by atoms with Gasteiger partial charge in [-0.2, -0.15) is 0 Å². The van der Waals surface area contributed by atoms with E-state index in [0.29, 0.717) is 6.04 Å². The topological polar surface area (TPSA) is 12.0 Å². The second-order valence-electron chi connectivity index (χ2n) is 5.54. The van der Waals surface area contributed by atoms with Gasteiger partial charge in [-0.15, -0.1) is 6.42 Å². The average Bonchev–Trinajstić information content (AvgIpc) is 2.70. The van der Waals surface area contributed by atoms with Gasteiger partial charge in [-0.05, 0) is 50.9 Å². The van der Waals surface area contributed by atoms with Gasteiger partial charge in [0.1, 0.15) is 0 Å². The van der Waals surface area contributed by atoms with Gasteiger partial charge in [0.15, 0.2) is 0 Å². The second kappa shape index (κ2) is 4.58. The zero-order valence-electron chi connectivity index (χ0n) is 9.89. The van der Waals surface area contributed by atoms with E-state index in [1.165, 1.54) is 51.4 Å². The summed E-state index contributed by atoms with van der Waals surface area (Å²) in [6.45, 7) is 2.08. The third-order valence-electron chi connectivity index (χ3n) is 4.45. The molecule has 1 N–H and O–H groups in total. The van der Waals surface area contributed by atoms with Gasteiger partial charge < -0.3 is 5.32 Å². The van der Waals surface area contributed by atoms with E-state index in [1.54, 1.807) is 0 Å². The maximum atomic E-state index is 5.39. The molecule has 0 saturated heterocycles. The Balaban J connectivity index is 1.79. The molecule has 0 bridgehead atoms. The summed E-state index contributed by atoms with van der Waals surface area (Å²) in [5.74, 6) is 2.76. The molecule has 2 aliphatic carbocycles.